The van der Waals surface area contributed by atoms with Crippen molar-refractivity contribution in [1.82, 2.24) is 4.90 Å². The van der Waals surface area contributed by atoms with Crippen molar-refractivity contribution < 1.29 is 0 Å². The zero-order chi connectivity index (χ0) is 13.2. The third kappa shape index (κ3) is 10.4. The Morgan fingerprint density at radius 1 is 1.25 bits per heavy atom. The van der Waals surface area contributed by atoms with Crippen molar-refractivity contribution in [1.29, 1.82) is 0 Å². The molecule has 0 radical (unpaired) electrons. The fourth-order valence-corrected chi connectivity index (χ4v) is 2.07. The summed E-state index contributed by atoms with van der Waals surface area (Å²) in [7, 11) is 2.18. The molecule has 16 heavy (non-hydrogen) atoms. The van der Waals surface area contributed by atoms with Gasteiger partial charge >= 0.3 is 0 Å². The lowest BCUT2D eigenvalue weighted by Gasteiger charge is -2.27. The summed E-state index contributed by atoms with van der Waals surface area (Å²) in [6, 6.07) is 0.412. The minimum atomic E-state index is 0.407. The largest absolute Gasteiger partial charge is 0.328 e. The highest BCUT2D eigenvalue weighted by molar-refractivity contribution is 4.82. The fraction of sp³-hybridized carbons (Fsp3) is 1.00. The molecular formula is C14H34N2. The summed E-state index contributed by atoms with van der Waals surface area (Å²) >= 11 is 0. The molecule has 0 bridgehead atoms. The summed E-state index contributed by atoms with van der Waals surface area (Å²) in [6.07, 6.45) is 3.57. The Morgan fingerprint density at radius 2 is 1.69 bits per heavy atom. The molecule has 0 spiro atoms. The van der Waals surface area contributed by atoms with Crippen LogP contribution in [0.1, 0.15) is 60.8 Å². The van der Waals surface area contributed by atoms with Gasteiger partial charge in [-0.15, -0.1) is 0 Å². The molecule has 1 unspecified atom stereocenters. The maximum absolute atomic E-state index is 5.95. The van der Waals surface area contributed by atoms with E-state index in [1.807, 2.05) is 13.8 Å². The summed E-state index contributed by atoms with van der Waals surface area (Å²) < 4.78 is 0. The van der Waals surface area contributed by atoms with E-state index in [1.54, 1.807) is 0 Å². The van der Waals surface area contributed by atoms with E-state index in [2.05, 4.69) is 39.6 Å². The van der Waals surface area contributed by atoms with E-state index < -0.39 is 0 Å². The first-order valence-electron chi connectivity index (χ1n) is 6.85. The SMILES string of the molecule is CC.CCC.CN1CCC(N)CC(C)(C)C1. The zero-order valence-corrected chi connectivity index (χ0v) is 12.6. The normalized spacial score (nSPS) is 24.4. The number of rotatable bonds is 0. The van der Waals surface area contributed by atoms with Crippen molar-refractivity contribution in [2.24, 2.45) is 11.1 Å². The molecule has 2 N–H and O–H groups in total. The number of nitrogens with zero attached hydrogens (tertiary/aromatic N) is 1. The molecular weight excluding hydrogens is 196 g/mol. The Morgan fingerprint density at radius 3 is 2.12 bits per heavy atom. The molecule has 1 rings (SSSR count). The molecule has 1 fully saturated rings. The van der Waals surface area contributed by atoms with Crippen molar-refractivity contribution >= 4 is 0 Å². The van der Waals surface area contributed by atoms with Crippen molar-refractivity contribution in [3.63, 3.8) is 0 Å². The second-order valence-corrected chi connectivity index (χ2v) is 5.36. The predicted octanol–water partition coefficient (Wildman–Crippen LogP) is 3.51. The van der Waals surface area contributed by atoms with Crippen LogP contribution in [0.15, 0.2) is 0 Å². The van der Waals surface area contributed by atoms with Crippen LogP contribution in [-0.2, 0) is 0 Å². The molecule has 1 heterocycles. The van der Waals surface area contributed by atoms with Crippen LogP contribution in [-0.4, -0.2) is 31.1 Å². The lowest BCUT2D eigenvalue weighted by Crippen LogP contribution is -2.30. The van der Waals surface area contributed by atoms with Crippen LogP contribution >= 0.6 is 0 Å². The van der Waals surface area contributed by atoms with Crippen LogP contribution in [0.2, 0.25) is 0 Å². The minimum absolute atomic E-state index is 0.407. The molecule has 1 atom stereocenters. The van der Waals surface area contributed by atoms with Crippen molar-refractivity contribution in [3.8, 4) is 0 Å². The molecule has 0 saturated carbocycles. The lowest BCUT2D eigenvalue weighted by atomic mass is 9.86. The van der Waals surface area contributed by atoms with Crippen molar-refractivity contribution in [3.05, 3.63) is 0 Å². The topological polar surface area (TPSA) is 29.3 Å². The predicted molar refractivity (Wildman–Crippen MR) is 75.8 cm³/mol. The van der Waals surface area contributed by atoms with Crippen LogP contribution in [0, 0.1) is 5.41 Å². The third-order valence-corrected chi connectivity index (χ3v) is 2.39. The zero-order valence-electron chi connectivity index (χ0n) is 12.6. The van der Waals surface area contributed by atoms with Crippen LogP contribution in [0.5, 0.6) is 0 Å². The van der Waals surface area contributed by atoms with Gasteiger partial charge in [0.2, 0.25) is 0 Å². The van der Waals surface area contributed by atoms with Gasteiger partial charge in [0.1, 0.15) is 0 Å². The maximum Gasteiger partial charge on any atom is 0.00565 e. The summed E-state index contributed by atoms with van der Waals surface area (Å²) in [5.41, 5.74) is 6.35. The van der Waals surface area contributed by atoms with E-state index in [0.29, 0.717) is 11.5 Å². The Kier molecular flexibility index (Phi) is 11.5. The van der Waals surface area contributed by atoms with Crippen LogP contribution in [0.25, 0.3) is 0 Å². The average Bonchev–Trinajstić information content (AvgIpc) is 2.28. The molecule has 0 aromatic carbocycles. The molecule has 0 aromatic rings. The Bertz CT molecular complexity index is 130. The molecule has 1 saturated heterocycles. The van der Waals surface area contributed by atoms with Gasteiger partial charge in [-0.1, -0.05) is 48.0 Å². The van der Waals surface area contributed by atoms with Gasteiger partial charge in [-0.25, -0.2) is 0 Å². The van der Waals surface area contributed by atoms with Crippen LogP contribution < -0.4 is 5.73 Å². The van der Waals surface area contributed by atoms with Crippen LogP contribution in [0.3, 0.4) is 0 Å². The highest BCUT2D eigenvalue weighted by atomic mass is 15.1. The first-order valence-corrected chi connectivity index (χ1v) is 6.85. The number of hydrogen-bond acceptors (Lipinski definition) is 2. The van der Waals surface area contributed by atoms with E-state index in [-0.39, 0.29) is 0 Å². The molecule has 1 aliphatic heterocycles. The first kappa shape index (κ1) is 18.3. The quantitative estimate of drug-likeness (QED) is 0.690. The summed E-state index contributed by atoms with van der Waals surface area (Å²) in [6.45, 7) is 15.2. The van der Waals surface area contributed by atoms with Gasteiger partial charge in [0.05, 0.1) is 0 Å². The smallest absolute Gasteiger partial charge is 0.00565 e. The molecule has 2 heteroatoms. The molecule has 0 aromatic heterocycles. The summed E-state index contributed by atoms with van der Waals surface area (Å²) in [5, 5.41) is 0. The van der Waals surface area contributed by atoms with E-state index in [4.69, 9.17) is 5.73 Å². The Hall–Kier alpha value is -0.0800. The molecule has 2 nitrogen and oxygen atoms in total. The number of nitrogens with two attached hydrogens (primary N) is 1. The Labute approximate surface area is 104 Å². The fourth-order valence-electron chi connectivity index (χ4n) is 2.07. The highest BCUT2D eigenvalue weighted by Crippen LogP contribution is 2.26. The molecule has 1 aliphatic rings. The maximum atomic E-state index is 5.95. The second-order valence-electron chi connectivity index (χ2n) is 5.36. The lowest BCUT2D eigenvalue weighted by molar-refractivity contribution is 0.226. The van der Waals surface area contributed by atoms with Gasteiger partial charge in [-0.3, -0.25) is 0 Å². The third-order valence-electron chi connectivity index (χ3n) is 2.39. The van der Waals surface area contributed by atoms with E-state index in [0.717, 1.165) is 19.4 Å². The summed E-state index contributed by atoms with van der Waals surface area (Å²) in [4.78, 5) is 2.38. The number of likely N-dealkylation sites (tertiary alicyclic amines) is 1. The average molecular weight is 230 g/mol. The highest BCUT2D eigenvalue weighted by Gasteiger charge is 2.26. The number of hydrogen-bond donors (Lipinski definition) is 1. The van der Waals surface area contributed by atoms with Gasteiger partial charge in [-0.05, 0) is 31.8 Å². The monoisotopic (exact) mass is 230 g/mol. The summed E-state index contributed by atoms with van der Waals surface area (Å²) in [5.74, 6) is 0. The Balaban J connectivity index is 0. The van der Waals surface area contributed by atoms with Gasteiger partial charge < -0.3 is 10.6 Å². The van der Waals surface area contributed by atoms with Gasteiger partial charge in [-0.2, -0.15) is 0 Å². The molecule has 0 amide bonds. The minimum Gasteiger partial charge on any atom is -0.328 e. The first-order chi connectivity index (χ1) is 7.41. The van der Waals surface area contributed by atoms with Gasteiger partial charge in [0.25, 0.3) is 0 Å². The molecule has 100 valence electrons. The standard InChI is InChI=1S/C9H20N2.C3H8.C2H6/c1-9(2)6-8(10)4-5-11(3)7-9;1-3-2;1-2/h8H,4-7,10H2,1-3H3;3H2,1-2H3;1-2H3. The molecule has 0 aliphatic carbocycles. The van der Waals surface area contributed by atoms with Gasteiger partial charge in [0, 0.05) is 12.6 Å². The van der Waals surface area contributed by atoms with E-state index in [1.165, 1.54) is 13.0 Å². The van der Waals surface area contributed by atoms with Crippen molar-refractivity contribution in [2.75, 3.05) is 20.1 Å². The van der Waals surface area contributed by atoms with Crippen LogP contribution in [0.4, 0.5) is 0 Å². The van der Waals surface area contributed by atoms with E-state index in [9.17, 15) is 0 Å². The van der Waals surface area contributed by atoms with E-state index >= 15 is 0 Å². The second kappa shape index (κ2) is 10.1. The van der Waals surface area contributed by atoms with Gasteiger partial charge in [0.15, 0.2) is 0 Å². The van der Waals surface area contributed by atoms with Crippen molar-refractivity contribution in [2.45, 2.75) is 66.8 Å².